The zero-order valence-electron chi connectivity index (χ0n) is 28.9. The van der Waals surface area contributed by atoms with Crippen molar-refractivity contribution in [2.75, 3.05) is 0 Å². The summed E-state index contributed by atoms with van der Waals surface area (Å²) in [5.74, 6) is 1.66. The maximum Gasteiger partial charge on any atom is 0.145 e. The summed E-state index contributed by atoms with van der Waals surface area (Å²) < 4.78 is 2.30. The first-order valence-corrected chi connectivity index (χ1v) is 19.3. The predicted octanol–water partition coefficient (Wildman–Crippen LogP) is 12.9. The van der Waals surface area contributed by atoms with Crippen LogP contribution in [0.4, 0.5) is 0 Å². The van der Waals surface area contributed by atoms with Gasteiger partial charge in [0.05, 0.1) is 11.0 Å². The number of rotatable bonds is 6. The Morgan fingerprint density at radius 2 is 1.50 bits per heavy atom. The van der Waals surface area contributed by atoms with Gasteiger partial charge in [-0.05, 0) is 106 Å². The zero-order chi connectivity index (χ0) is 34.4. The van der Waals surface area contributed by atoms with Gasteiger partial charge in [-0.25, -0.2) is 4.98 Å². The van der Waals surface area contributed by atoms with Crippen LogP contribution in [0.2, 0.25) is 0 Å². The number of hydrogen-bond donors (Lipinski definition) is 0. The highest BCUT2D eigenvalue weighted by molar-refractivity contribution is 8.00. The number of thioether (sulfide) groups is 1. The van der Waals surface area contributed by atoms with Crippen molar-refractivity contribution in [2.24, 2.45) is 5.92 Å². The molecule has 250 valence electrons. The maximum atomic E-state index is 5.23. The summed E-state index contributed by atoms with van der Waals surface area (Å²) in [5, 5.41) is 0.342. The fourth-order valence-electron chi connectivity index (χ4n) is 8.42. The Kier molecular flexibility index (Phi) is 7.88. The van der Waals surface area contributed by atoms with Gasteiger partial charge in [0.1, 0.15) is 5.82 Å². The van der Waals surface area contributed by atoms with Gasteiger partial charge in [0.15, 0.2) is 0 Å². The molecule has 1 aliphatic heterocycles. The second kappa shape index (κ2) is 13.2. The molecule has 3 aliphatic carbocycles. The first kappa shape index (κ1) is 31.1. The second-order valence-corrected chi connectivity index (χ2v) is 15.3. The van der Waals surface area contributed by atoms with Gasteiger partial charge < -0.3 is 0 Å². The summed E-state index contributed by atoms with van der Waals surface area (Å²) in [6, 6.07) is 44.0. The van der Waals surface area contributed by atoms with Gasteiger partial charge >= 0.3 is 0 Å². The van der Waals surface area contributed by atoms with Crippen molar-refractivity contribution in [1.29, 1.82) is 0 Å². The number of fused-ring (bicyclic) bond motifs is 4. The Morgan fingerprint density at radius 3 is 2.33 bits per heavy atom. The topological polar surface area (TPSA) is 17.8 Å². The minimum atomic E-state index is 0.300. The lowest BCUT2D eigenvalue weighted by Gasteiger charge is -2.30. The van der Waals surface area contributed by atoms with E-state index in [9.17, 15) is 0 Å². The van der Waals surface area contributed by atoms with Crippen molar-refractivity contribution in [3.63, 3.8) is 0 Å². The highest BCUT2D eigenvalue weighted by Crippen LogP contribution is 2.57. The third-order valence-corrected chi connectivity index (χ3v) is 12.4. The summed E-state index contributed by atoms with van der Waals surface area (Å²) in [6.45, 7) is 0. The molecule has 6 aromatic rings. The van der Waals surface area contributed by atoms with E-state index in [0.717, 1.165) is 47.4 Å². The molecule has 0 N–H and O–H groups in total. The van der Waals surface area contributed by atoms with Crippen LogP contribution in [-0.2, 0) is 0 Å². The standard InChI is InChI=1S/C49H38N2S/c1-5-16-33(17-6-1)38-29-41(35-20-9-3-10-21-35)47-43(31-38)44-32-39(34-18-7-2-8-19-34)30-42(48(44)52-47)36-22-15-23-37(28-36)49-50-45-26-13-14-27-46(45)51(49)40-24-11-4-12-25-40/h1-9,11-16,18-20,22-33,43,47H,10,17,21H2. The summed E-state index contributed by atoms with van der Waals surface area (Å²) in [4.78, 5) is 6.63. The van der Waals surface area contributed by atoms with Crippen LogP contribution in [0.15, 0.2) is 198 Å². The average molecular weight is 687 g/mol. The van der Waals surface area contributed by atoms with Gasteiger partial charge in [0.25, 0.3) is 0 Å². The minimum Gasteiger partial charge on any atom is -0.292 e. The fourth-order valence-corrected chi connectivity index (χ4v) is 10.0. The monoisotopic (exact) mass is 686 g/mol. The minimum absolute atomic E-state index is 0.300. The van der Waals surface area contributed by atoms with E-state index in [-0.39, 0.29) is 0 Å². The Morgan fingerprint density at radius 1 is 0.692 bits per heavy atom. The molecule has 0 spiro atoms. The average Bonchev–Trinajstić information content (AvgIpc) is 3.81. The molecule has 0 radical (unpaired) electrons. The van der Waals surface area contributed by atoms with Crippen molar-refractivity contribution in [3.05, 3.63) is 198 Å². The van der Waals surface area contributed by atoms with Crippen LogP contribution in [-0.4, -0.2) is 14.8 Å². The second-order valence-electron chi connectivity index (χ2n) is 14.1. The number of hydrogen-bond acceptors (Lipinski definition) is 2. The molecule has 5 aromatic carbocycles. The number of para-hydroxylation sites is 3. The van der Waals surface area contributed by atoms with E-state index in [1.54, 1.807) is 0 Å². The van der Waals surface area contributed by atoms with Crippen molar-refractivity contribution >= 4 is 22.8 Å². The molecular formula is C49H38N2S. The molecule has 0 amide bonds. The Labute approximate surface area is 310 Å². The number of nitrogens with zero attached hydrogens (tertiary/aromatic N) is 2. The smallest absolute Gasteiger partial charge is 0.145 e. The number of aromatic nitrogens is 2. The predicted molar refractivity (Wildman–Crippen MR) is 219 cm³/mol. The third-order valence-electron chi connectivity index (χ3n) is 11.0. The number of imidazole rings is 1. The molecule has 0 bridgehead atoms. The number of benzene rings is 5. The van der Waals surface area contributed by atoms with Gasteiger partial charge in [-0.3, -0.25) is 4.57 Å². The lowest BCUT2D eigenvalue weighted by atomic mass is 9.76. The molecule has 0 saturated carbocycles. The van der Waals surface area contributed by atoms with Gasteiger partial charge in [-0.2, -0.15) is 0 Å². The third kappa shape index (κ3) is 5.48. The maximum absolute atomic E-state index is 5.23. The largest absolute Gasteiger partial charge is 0.292 e. The van der Waals surface area contributed by atoms with Crippen molar-refractivity contribution in [3.8, 4) is 39.3 Å². The van der Waals surface area contributed by atoms with Crippen LogP contribution in [0.25, 0.3) is 50.4 Å². The zero-order valence-corrected chi connectivity index (χ0v) is 29.7. The molecule has 0 fully saturated rings. The Hall–Kier alpha value is -5.64. The molecule has 0 saturated heterocycles. The molecule has 10 rings (SSSR count). The van der Waals surface area contributed by atoms with Gasteiger partial charge in [-0.1, -0.05) is 134 Å². The lowest BCUT2D eigenvalue weighted by molar-refractivity contribution is 0.738. The quantitative estimate of drug-likeness (QED) is 0.174. The lowest BCUT2D eigenvalue weighted by Crippen LogP contribution is -2.20. The van der Waals surface area contributed by atoms with Gasteiger partial charge in [-0.15, -0.1) is 11.8 Å². The van der Waals surface area contributed by atoms with Crippen LogP contribution in [0.1, 0.15) is 30.7 Å². The van der Waals surface area contributed by atoms with E-state index in [1.807, 2.05) is 0 Å². The molecule has 2 heterocycles. The molecule has 3 atom stereocenters. The van der Waals surface area contributed by atoms with E-state index in [1.165, 1.54) is 49.4 Å². The van der Waals surface area contributed by atoms with Crippen LogP contribution in [0.3, 0.4) is 0 Å². The highest BCUT2D eigenvalue weighted by atomic mass is 32.2. The van der Waals surface area contributed by atoms with Crippen molar-refractivity contribution in [2.45, 2.75) is 35.3 Å². The van der Waals surface area contributed by atoms with Crippen molar-refractivity contribution in [1.82, 2.24) is 9.55 Å². The van der Waals surface area contributed by atoms with Crippen LogP contribution < -0.4 is 0 Å². The van der Waals surface area contributed by atoms with Gasteiger partial charge in [0.2, 0.25) is 0 Å². The summed E-state index contributed by atoms with van der Waals surface area (Å²) in [5.41, 5.74) is 15.3. The first-order valence-electron chi connectivity index (χ1n) is 18.4. The molecule has 3 unspecified atom stereocenters. The normalized spacial score (nSPS) is 20.3. The first-order chi connectivity index (χ1) is 25.8. The van der Waals surface area contributed by atoms with Crippen LogP contribution in [0.5, 0.6) is 0 Å². The molecule has 4 aliphatic rings. The van der Waals surface area contributed by atoms with Crippen LogP contribution in [0, 0.1) is 5.92 Å². The molecule has 52 heavy (non-hydrogen) atoms. The SMILES string of the molecule is C1=CCCC(C2=CC(C3C=CC=CC3)=CC3c4cc(-c5ccccc5)cc(-c5cccc(-c6nc7ccccc7n6-c6ccccc6)c5)c4SC23)=C1. The van der Waals surface area contributed by atoms with E-state index in [2.05, 4.69) is 192 Å². The number of allylic oxidation sites excluding steroid dienone is 11. The van der Waals surface area contributed by atoms with E-state index < -0.39 is 0 Å². The Balaban J connectivity index is 1.15. The molecule has 3 heteroatoms. The highest BCUT2D eigenvalue weighted by Gasteiger charge is 2.40. The van der Waals surface area contributed by atoms with Crippen molar-refractivity contribution < 1.29 is 0 Å². The Bertz CT molecular complexity index is 2530. The fraction of sp³-hybridized carbons (Fsp3) is 0.122. The summed E-state index contributed by atoms with van der Waals surface area (Å²) in [6.07, 6.45) is 24.5. The van der Waals surface area contributed by atoms with E-state index in [0.29, 0.717) is 17.1 Å². The van der Waals surface area contributed by atoms with E-state index >= 15 is 0 Å². The molecule has 1 aromatic heterocycles. The molecular weight excluding hydrogens is 649 g/mol. The summed E-state index contributed by atoms with van der Waals surface area (Å²) in [7, 11) is 0. The van der Waals surface area contributed by atoms with Crippen LogP contribution >= 0.6 is 11.8 Å². The van der Waals surface area contributed by atoms with Gasteiger partial charge in [0, 0.05) is 33.2 Å². The molecule has 2 nitrogen and oxygen atoms in total. The summed E-state index contributed by atoms with van der Waals surface area (Å²) >= 11 is 2.07. The van der Waals surface area contributed by atoms with E-state index in [4.69, 9.17) is 4.98 Å².